The van der Waals surface area contributed by atoms with E-state index in [4.69, 9.17) is 5.73 Å². The summed E-state index contributed by atoms with van der Waals surface area (Å²) >= 11 is 1.34. The summed E-state index contributed by atoms with van der Waals surface area (Å²) in [5.41, 5.74) is 6.35. The molecule has 1 unspecified atom stereocenters. The summed E-state index contributed by atoms with van der Waals surface area (Å²) in [6, 6.07) is 9.89. The first kappa shape index (κ1) is 17.4. The quantitative estimate of drug-likeness (QED) is 0.812. The summed E-state index contributed by atoms with van der Waals surface area (Å²) in [5.74, 6) is 0.189. The molecular formula is C16H18F2N2O2S. The highest BCUT2D eigenvalue weighted by atomic mass is 32.1. The third-order valence-corrected chi connectivity index (χ3v) is 4.34. The molecule has 1 atom stereocenters. The highest BCUT2D eigenvalue weighted by Gasteiger charge is 2.11. The molecule has 4 nitrogen and oxygen atoms in total. The lowest BCUT2D eigenvalue weighted by Gasteiger charge is -2.08. The highest BCUT2D eigenvalue weighted by Crippen LogP contribution is 2.29. The number of halogens is 2. The molecule has 0 bridgehead atoms. The average molecular weight is 340 g/mol. The molecule has 0 aliphatic rings. The lowest BCUT2D eigenvalue weighted by molar-refractivity contribution is -0.0498. The summed E-state index contributed by atoms with van der Waals surface area (Å²) in [4.78, 5) is 13.5. The Labute approximate surface area is 137 Å². The Kier molecular flexibility index (Phi) is 6.06. The van der Waals surface area contributed by atoms with Crippen LogP contribution in [-0.2, 0) is 0 Å². The number of amides is 1. The van der Waals surface area contributed by atoms with Crippen molar-refractivity contribution in [2.75, 3.05) is 13.1 Å². The Morgan fingerprint density at radius 3 is 2.57 bits per heavy atom. The van der Waals surface area contributed by atoms with Gasteiger partial charge in [0.2, 0.25) is 0 Å². The first-order chi connectivity index (χ1) is 11.0. The van der Waals surface area contributed by atoms with Gasteiger partial charge in [0, 0.05) is 11.4 Å². The van der Waals surface area contributed by atoms with Gasteiger partial charge in [-0.15, -0.1) is 11.3 Å². The fourth-order valence-electron chi connectivity index (χ4n) is 1.85. The smallest absolute Gasteiger partial charge is 0.387 e. The summed E-state index contributed by atoms with van der Waals surface area (Å²) in [6.07, 6.45) is 0. The minimum absolute atomic E-state index is 0.106. The SMILES string of the molecule is CC(CN)CNC(=O)c1ccc(-c2ccc(OC(F)F)cc2)s1. The van der Waals surface area contributed by atoms with Crippen LogP contribution in [0.5, 0.6) is 5.75 Å². The largest absolute Gasteiger partial charge is 0.435 e. The van der Waals surface area contributed by atoms with E-state index in [1.165, 1.54) is 23.5 Å². The molecule has 7 heteroatoms. The molecule has 0 aliphatic heterocycles. The van der Waals surface area contributed by atoms with E-state index in [1.807, 2.05) is 13.0 Å². The molecule has 1 amide bonds. The lowest BCUT2D eigenvalue weighted by atomic mass is 10.2. The van der Waals surface area contributed by atoms with Crippen molar-refractivity contribution in [1.29, 1.82) is 0 Å². The number of hydrogen-bond donors (Lipinski definition) is 2. The van der Waals surface area contributed by atoms with Gasteiger partial charge in [0.25, 0.3) is 5.91 Å². The Hall–Kier alpha value is -1.99. The van der Waals surface area contributed by atoms with Crippen LogP contribution >= 0.6 is 11.3 Å². The molecule has 2 aromatic rings. The van der Waals surface area contributed by atoms with Crippen LogP contribution in [0.1, 0.15) is 16.6 Å². The zero-order valence-electron chi connectivity index (χ0n) is 12.6. The van der Waals surface area contributed by atoms with E-state index in [0.717, 1.165) is 10.4 Å². The third kappa shape index (κ3) is 5.01. The monoisotopic (exact) mass is 340 g/mol. The van der Waals surface area contributed by atoms with Gasteiger partial charge < -0.3 is 15.8 Å². The van der Waals surface area contributed by atoms with Gasteiger partial charge in [-0.1, -0.05) is 6.92 Å². The molecule has 3 N–H and O–H groups in total. The predicted molar refractivity (Wildman–Crippen MR) is 86.9 cm³/mol. The molecule has 1 aromatic carbocycles. The minimum atomic E-state index is -2.84. The lowest BCUT2D eigenvalue weighted by Crippen LogP contribution is -2.30. The Morgan fingerprint density at radius 2 is 1.96 bits per heavy atom. The highest BCUT2D eigenvalue weighted by molar-refractivity contribution is 7.17. The molecule has 124 valence electrons. The van der Waals surface area contributed by atoms with Gasteiger partial charge in [-0.25, -0.2) is 0 Å². The van der Waals surface area contributed by atoms with Crippen molar-refractivity contribution in [3.05, 3.63) is 41.3 Å². The number of nitrogens with two attached hydrogens (primary N) is 1. The Bertz CT molecular complexity index is 644. The van der Waals surface area contributed by atoms with E-state index < -0.39 is 6.61 Å². The topological polar surface area (TPSA) is 64.3 Å². The standard InChI is InChI=1S/C16H18F2N2O2S/c1-10(8-19)9-20-15(21)14-7-6-13(23-14)11-2-4-12(5-3-11)22-16(17)18/h2-7,10,16H,8-9,19H2,1H3,(H,20,21). The molecule has 2 rings (SSSR count). The molecule has 0 radical (unpaired) electrons. The van der Waals surface area contributed by atoms with Crippen molar-refractivity contribution >= 4 is 17.2 Å². The normalized spacial score (nSPS) is 12.2. The number of carbonyl (C=O) groups excluding carboxylic acids is 1. The van der Waals surface area contributed by atoms with Crippen LogP contribution in [0.2, 0.25) is 0 Å². The van der Waals surface area contributed by atoms with E-state index in [-0.39, 0.29) is 17.6 Å². The number of hydrogen-bond acceptors (Lipinski definition) is 4. The summed E-state index contributed by atoms with van der Waals surface area (Å²) in [5, 5.41) is 2.83. The van der Waals surface area contributed by atoms with Crippen LogP contribution in [0.15, 0.2) is 36.4 Å². The van der Waals surface area contributed by atoms with Crippen molar-refractivity contribution < 1.29 is 18.3 Å². The molecule has 0 saturated carbocycles. The number of nitrogens with one attached hydrogen (secondary N) is 1. The van der Waals surface area contributed by atoms with E-state index in [1.54, 1.807) is 18.2 Å². The van der Waals surface area contributed by atoms with Gasteiger partial charge in [0.15, 0.2) is 0 Å². The van der Waals surface area contributed by atoms with Gasteiger partial charge in [0.1, 0.15) is 5.75 Å². The summed E-state index contributed by atoms with van der Waals surface area (Å²) < 4.78 is 28.5. The fraction of sp³-hybridized carbons (Fsp3) is 0.312. The summed E-state index contributed by atoms with van der Waals surface area (Å²) in [6.45, 7) is 0.169. The molecule has 23 heavy (non-hydrogen) atoms. The van der Waals surface area contributed by atoms with Crippen LogP contribution in [0, 0.1) is 5.92 Å². The number of ether oxygens (including phenoxy) is 1. The molecular weight excluding hydrogens is 322 g/mol. The van der Waals surface area contributed by atoms with Crippen LogP contribution in [-0.4, -0.2) is 25.6 Å². The fourth-order valence-corrected chi connectivity index (χ4v) is 2.78. The maximum atomic E-state index is 12.1. The van der Waals surface area contributed by atoms with Gasteiger partial charge >= 0.3 is 6.61 Å². The van der Waals surface area contributed by atoms with Crippen LogP contribution in [0.25, 0.3) is 10.4 Å². The third-order valence-electron chi connectivity index (χ3n) is 3.21. The zero-order valence-corrected chi connectivity index (χ0v) is 13.4. The maximum Gasteiger partial charge on any atom is 0.387 e. The van der Waals surface area contributed by atoms with Gasteiger partial charge in [0.05, 0.1) is 4.88 Å². The number of rotatable bonds is 7. The van der Waals surface area contributed by atoms with E-state index in [0.29, 0.717) is 18.0 Å². The molecule has 1 aromatic heterocycles. The van der Waals surface area contributed by atoms with Crippen LogP contribution in [0.4, 0.5) is 8.78 Å². The molecule has 1 heterocycles. The second-order valence-corrected chi connectivity index (χ2v) is 6.20. The maximum absolute atomic E-state index is 12.1. The second-order valence-electron chi connectivity index (χ2n) is 5.12. The van der Waals surface area contributed by atoms with Crippen molar-refractivity contribution in [1.82, 2.24) is 5.32 Å². The number of alkyl halides is 2. The first-order valence-corrected chi connectivity index (χ1v) is 7.94. The van der Waals surface area contributed by atoms with Gasteiger partial charge in [-0.05, 0) is 54.4 Å². The molecule has 0 fully saturated rings. The van der Waals surface area contributed by atoms with Crippen molar-refractivity contribution in [2.45, 2.75) is 13.5 Å². The van der Waals surface area contributed by atoms with Gasteiger partial charge in [-0.2, -0.15) is 8.78 Å². The second kappa shape index (κ2) is 8.03. The Balaban J connectivity index is 2.02. The average Bonchev–Trinajstić information content (AvgIpc) is 3.02. The minimum Gasteiger partial charge on any atom is -0.435 e. The molecule has 0 saturated heterocycles. The number of benzene rings is 1. The Morgan fingerprint density at radius 1 is 1.26 bits per heavy atom. The van der Waals surface area contributed by atoms with Crippen LogP contribution < -0.4 is 15.8 Å². The zero-order chi connectivity index (χ0) is 16.8. The number of thiophene rings is 1. The summed E-state index contributed by atoms with van der Waals surface area (Å²) in [7, 11) is 0. The molecule has 0 spiro atoms. The predicted octanol–water partition coefficient (Wildman–Crippen LogP) is 3.34. The molecule has 0 aliphatic carbocycles. The van der Waals surface area contributed by atoms with Crippen molar-refractivity contribution in [3.63, 3.8) is 0 Å². The van der Waals surface area contributed by atoms with Crippen molar-refractivity contribution in [2.24, 2.45) is 11.7 Å². The number of carbonyl (C=O) groups is 1. The van der Waals surface area contributed by atoms with E-state index >= 15 is 0 Å². The van der Waals surface area contributed by atoms with E-state index in [9.17, 15) is 13.6 Å². The van der Waals surface area contributed by atoms with E-state index in [2.05, 4.69) is 10.1 Å². The van der Waals surface area contributed by atoms with Crippen LogP contribution in [0.3, 0.4) is 0 Å². The van der Waals surface area contributed by atoms with Gasteiger partial charge in [-0.3, -0.25) is 4.79 Å². The van der Waals surface area contributed by atoms with Crippen molar-refractivity contribution in [3.8, 4) is 16.2 Å². The first-order valence-electron chi connectivity index (χ1n) is 7.13.